The standard InChI is InChI=1S/C14H15BrN2O/c1-10(11-6-3-4-8-13(11)18-2)17-12-7-5-9-16-14(12)15/h3-10,17H,1-2H3. The molecule has 0 saturated heterocycles. The molecular formula is C14H15BrN2O. The van der Waals surface area contributed by atoms with Gasteiger partial charge in [0, 0.05) is 11.8 Å². The van der Waals surface area contributed by atoms with E-state index in [2.05, 4.69) is 39.2 Å². The van der Waals surface area contributed by atoms with Gasteiger partial charge >= 0.3 is 0 Å². The number of nitrogens with one attached hydrogen (secondary N) is 1. The van der Waals surface area contributed by atoms with Crippen LogP contribution in [-0.2, 0) is 0 Å². The Labute approximate surface area is 115 Å². The lowest BCUT2D eigenvalue weighted by molar-refractivity contribution is 0.408. The van der Waals surface area contributed by atoms with Crippen molar-refractivity contribution >= 4 is 21.6 Å². The maximum absolute atomic E-state index is 5.37. The number of aromatic nitrogens is 1. The van der Waals surface area contributed by atoms with E-state index in [9.17, 15) is 0 Å². The van der Waals surface area contributed by atoms with Gasteiger partial charge < -0.3 is 10.1 Å². The molecule has 1 heterocycles. The van der Waals surface area contributed by atoms with Gasteiger partial charge in [0.1, 0.15) is 10.4 Å². The molecule has 0 saturated carbocycles. The zero-order chi connectivity index (χ0) is 13.0. The van der Waals surface area contributed by atoms with E-state index in [-0.39, 0.29) is 6.04 Å². The minimum Gasteiger partial charge on any atom is -0.496 e. The lowest BCUT2D eigenvalue weighted by Gasteiger charge is -2.18. The van der Waals surface area contributed by atoms with E-state index in [1.54, 1.807) is 13.3 Å². The number of hydrogen-bond acceptors (Lipinski definition) is 3. The number of nitrogens with zero attached hydrogens (tertiary/aromatic N) is 1. The van der Waals surface area contributed by atoms with Crippen molar-refractivity contribution in [1.29, 1.82) is 0 Å². The molecule has 0 spiro atoms. The van der Waals surface area contributed by atoms with Crippen LogP contribution >= 0.6 is 15.9 Å². The number of benzene rings is 1. The van der Waals surface area contributed by atoms with Crippen LogP contribution in [0.15, 0.2) is 47.2 Å². The molecule has 0 bridgehead atoms. The highest BCUT2D eigenvalue weighted by Crippen LogP contribution is 2.29. The molecule has 0 aliphatic rings. The summed E-state index contributed by atoms with van der Waals surface area (Å²) in [6, 6.07) is 12.0. The fourth-order valence-electron chi connectivity index (χ4n) is 1.83. The van der Waals surface area contributed by atoms with Gasteiger partial charge in [0.15, 0.2) is 0 Å². The Kier molecular flexibility index (Phi) is 4.20. The average molecular weight is 307 g/mol. The predicted molar refractivity (Wildman–Crippen MR) is 77.0 cm³/mol. The zero-order valence-electron chi connectivity index (χ0n) is 10.4. The first-order valence-electron chi connectivity index (χ1n) is 5.72. The summed E-state index contributed by atoms with van der Waals surface area (Å²) >= 11 is 3.43. The summed E-state index contributed by atoms with van der Waals surface area (Å²) in [5.74, 6) is 0.887. The molecule has 1 unspecified atom stereocenters. The molecule has 0 aliphatic heterocycles. The van der Waals surface area contributed by atoms with Crippen LogP contribution in [-0.4, -0.2) is 12.1 Å². The van der Waals surface area contributed by atoms with E-state index < -0.39 is 0 Å². The molecule has 4 heteroatoms. The second-order valence-corrected chi connectivity index (χ2v) is 4.70. The van der Waals surface area contributed by atoms with Gasteiger partial charge in [-0.2, -0.15) is 0 Å². The van der Waals surface area contributed by atoms with Gasteiger partial charge in [0.25, 0.3) is 0 Å². The lowest BCUT2D eigenvalue weighted by Crippen LogP contribution is -2.08. The van der Waals surface area contributed by atoms with Gasteiger partial charge in [-0.3, -0.25) is 0 Å². The number of para-hydroxylation sites is 1. The zero-order valence-corrected chi connectivity index (χ0v) is 11.9. The number of hydrogen-bond donors (Lipinski definition) is 1. The third-order valence-electron chi connectivity index (χ3n) is 2.74. The van der Waals surface area contributed by atoms with E-state index in [4.69, 9.17) is 4.74 Å². The molecule has 94 valence electrons. The second-order valence-electron chi connectivity index (χ2n) is 3.95. The van der Waals surface area contributed by atoms with Crippen LogP contribution in [0.4, 0.5) is 5.69 Å². The topological polar surface area (TPSA) is 34.1 Å². The van der Waals surface area contributed by atoms with Crippen molar-refractivity contribution in [3.63, 3.8) is 0 Å². The van der Waals surface area contributed by atoms with Crippen LogP contribution in [0.2, 0.25) is 0 Å². The lowest BCUT2D eigenvalue weighted by atomic mass is 10.1. The summed E-state index contributed by atoms with van der Waals surface area (Å²) in [5, 5.41) is 3.41. The van der Waals surface area contributed by atoms with Crippen molar-refractivity contribution in [3.8, 4) is 5.75 Å². The Bertz CT molecular complexity index is 531. The molecule has 2 aromatic rings. The molecule has 0 fully saturated rings. The molecular weight excluding hydrogens is 292 g/mol. The summed E-state index contributed by atoms with van der Waals surface area (Å²) in [4.78, 5) is 4.19. The SMILES string of the molecule is COc1ccccc1C(C)Nc1cccnc1Br. The number of halogens is 1. The monoisotopic (exact) mass is 306 g/mol. The molecule has 0 radical (unpaired) electrons. The van der Waals surface area contributed by atoms with Gasteiger partial charge in [-0.05, 0) is 41.1 Å². The summed E-state index contributed by atoms with van der Waals surface area (Å²) in [6.07, 6.45) is 1.75. The van der Waals surface area contributed by atoms with E-state index in [0.29, 0.717) is 0 Å². The third-order valence-corrected chi connectivity index (χ3v) is 3.37. The molecule has 3 nitrogen and oxygen atoms in total. The number of rotatable bonds is 4. The number of methoxy groups -OCH3 is 1. The van der Waals surface area contributed by atoms with Crippen LogP contribution in [0.1, 0.15) is 18.5 Å². The van der Waals surface area contributed by atoms with Crippen molar-refractivity contribution in [1.82, 2.24) is 4.98 Å². The highest BCUT2D eigenvalue weighted by molar-refractivity contribution is 9.10. The van der Waals surface area contributed by atoms with Crippen molar-refractivity contribution in [3.05, 3.63) is 52.8 Å². The van der Waals surface area contributed by atoms with E-state index >= 15 is 0 Å². The maximum atomic E-state index is 5.37. The first-order chi connectivity index (χ1) is 8.72. The number of anilines is 1. The Hall–Kier alpha value is -1.55. The smallest absolute Gasteiger partial charge is 0.129 e. The van der Waals surface area contributed by atoms with Crippen molar-refractivity contribution in [2.75, 3.05) is 12.4 Å². The van der Waals surface area contributed by atoms with Crippen LogP contribution in [0.5, 0.6) is 5.75 Å². The fourth-order valence-corrected chi connectivity index (χ4v) is 2.19. The molecule has 1 aromatic heterocycles. The molecule has 0 aliphatic carbocycles. The fraction of sp³-hybridized carbons (Fsp3) is 0.214. The highest BCUT2D eigenvalue weighted by Gasteiger charge is 2.11. The molecule has 18 heavy (non-hydrogen) atoms. The Morgan fingerprint density at radius 1 is 1.22 bits per heavy atom. The van der Waals surface area contributed by atoms with Crippen LogP contribution < -0.4 is 10.1 Å². The largest absolute Gasteiger partial charge is 0.496 e. The first kappa shape index (κ1) is 12.9. The predicted octanol–water partition coefficient (Wildman–Crippen LogP) is 4.03. The number of pyridine rings is 1. The van der Waals surface area contributed by atoms with Crippen molar-refractivity contribution in [2.45, 2.75) is 13.0 Å². The molecule has 0 amide bonds. The van der Waals surface area contributed by atoms with Crippen molar-refractivity contribution in [2.24, 2.45) is 0 Å². The first-order valence-corrected chi connectivity index (χ1v) is 6.51. The van der Waals surface area contributed by atoms with Crippen molar-refractivity contribution < 1.29 is 4.74 Å². The minimum absolute atomic E-state index is 0.140. The summed E-state index contributed by atoms with van der Waals surface area (Å²) in [5.41, 5.74) is 2.09. The van der Waals surface area contributed by atoms with Gasteiger partial charge in [-0.15, -0.1) is 0 Å². The summed E-state index contributed by atoms with van der Waals surface area (Å²) < 4.78 is 6.18. The Morgan fingerprint density at radius 3 is 2.72 bits per heavy atom. The second kappa shape index (κ2) is 5.87. The highest BCUT2D eigenvalue weighted by atomic mass is 79.9. The van der Waals surface area contributed by atoms with Gasteiger partial charge in [0.05, 0.1) is 18.8 Å². The van der Waals surface area contributed by atoms with Crippen LogP contribution in [0.3, 0.4) is 0 Å². The van der Waals surface area contributed by atoms with E-state index in [0.717, 1.165) is 21.6 Å². The summed E-state index contributed by atoms with van der Waals surface area (Å²) in [7, 11) is 1.69. The average Bonchev–Trinajstić information content (AvgIpc) is 2.41. The third kappa shape index (κ3) is 2.82. The molecule has 1 aromatic carbocycles. The summed E-state index contributed by atoms with van der Waals surface area (Å²) in [6.45, 7) is 2.09. The maximum Gasteiger partial charge on any atom is 0.129 e. The Morgan fingerprint density at radius 2 is 2.00 bits per heavy atom. The van der Waals surface area contributed by atoms with Gasteiger partial charge in [0.2, 0.25) is 0 Å². The molecule has 2 rings (SSSR count). The minimum atomic E-state index is 0.140. The van der Waals surface area contributed by atoms with E-state index in [1.165, 1.54) is 0 Å². The van der Waals surface area contributed by atoms with Gasteiger partial charge in [-0.1, -0.05) is 18.2 Å². The number of ether oxygens (including phenoxy) is 1. The molecule has 1 N–H and O–H groups in total. The quantitative estimate of drug-likeness (QED) is 0.866. The van der Waals surface area contributed by atoms with Crippen LogP contribution in [0.25, 0.3) is 0 Å². The normalized spacial score (nSPS) is 11.9. The van der Waals surface area contributed by atoms with E-state index in [1.807, 2.05) is 30.3 Å². The molecule has 1 atom stereocenters. The van der Waals surface area contributed by atoms with Crippen LogP contribution in [0, 0.1) is 0 Å². The van der Waals surface area contributed by atoms with Gasteiger partial charge in [-0.25, -0.2) is 4.98 Å². The Balaban J connectivity index is 2.22.